The van der Waals surface area contributed by atoms with E-state index in [4.69, 9.17) is 11.6 Å². The molecular formula is C16H11ClFNS. The topological polar surface area (TPSA) is 23.8 Å². The van der Waals surface area contributed by atoms with Gasteiger partial charge in [0.15, 0.2) is 0 Å². The summed E-state index contributed by atoms with van der Waals surface area (Å²) in [7, 11) is 0. The van der Waals surface area contributed by atoms with E-state index in [-0.39, 0.29) is 5.82 Å². The molecule has 0 aliphatic rings. The summed E-state index contributed by atoms with van der Waals surface area (Å²) >= 11 is 7.93. The second kappa shape index (κ2) is 6.60. The Morgan fingerprint density at radius 1 is 1.05 bits per heavy atom. The molecule has 0 aliphatic heterocycles. The van der Waals surface area contributed by atoms with Crippen LogP contribution in [0.15, 0.2) is 53.4 Å². The summed E-state index contributed by atoms with van der Waals surface area (Å²) in [6.07, 6.45) is 1.99. The van der Waals surface area contributed by atoms with E-state index < -0.39 is 0 Å². The zero-order valence-corrected chi connectivity index (χ0v) is 12.3. The number of benzene rings is 2. The average Bonchev–Trinajstić information content (AvgIpc) is 2.50. The quantitative estimate of drug-likeness (QED) is 0.443. The monoisotopic (exact) mass is 303 g/mol. The van der Waals surface area contributed by atoms with Crippen LogP contribution in [0.25, 0.3) is 10.6 Å². The molecule has 20 heavy (non-hydrogen) atoms. The molecule has 1 nitrogen and oxygen atoms in total. The first-order valence-corrected chi connectivity index (χ1v) is 7.46. The SMILES string of the molecule is CSc1ccc(/C(Cl)=C(/C#N)c2ccc(F)cc2)cc1. The van der Waals surface area contributed by atoms with Gasteiger partial charge in [-0.25, -0.2) is 4.39 Å². The van der Waals surface area contributed by atoms with E-state index >= 15 is 0 Å². The minimum Gasteiger partial charge on any atom is -0.207 e. The molecule has 0 amide bonds. The highest BCUT2D eigenvalue weighted by atomic mass is 35.5. The van der Waals surface area contributed by atoms with Crippen molar-refractivity contribution in [1.82, 2.24) is 0 Å². The van der Waals surface area contributed by atoms with Crippen LogP contribution in [0, 0.1) is 17.1 Å². The molecular weight excluding hydrogens is 293 g/mol. The molecule has 0 heterocycles. The maximum absolute atomic E-state index is 12.9. The number of thioether (sulfide) groups is 1. The van der Waals surface area contributed by atoms with Gasteiger partial charge in [0.25, 0.3) is 0 Å². The Hall–Kier alpha value is -1.76. The van der Waals surface area contributed by atoms with Crippen molar-refractivity contribution in [1.29, 1.82) is 5.26 Å². The molecule has 4 heteroatoms. The number of hydrogen-bond donors (Lipinski definition) is 0. The van der Waals surface area contributed by atoms with Crippen LogP contribution in [0.2, 0.25) is 0 Å². The molecule has 0 fully saturated rings. The number of rotatable bonds is 3. The fourth-order valence-corrected chi connectivity index (χ4v) is 2.42. The first kappa shape index (κ1) is 14.6. The van der Waals surface area contributed by atoms with Gasteiger partial charge < -0.3 is 0 Å². The summed E-state index contributed by atoms with van der Waals surface area (Å²) in [5.74, 6) is -0.341. The largest absolute Gasteiger partial charge is 0.207 e. The van der Waals surface area contributed by atoms with Crippen molar-refractivity contribution in [2.75, 3.05) is 6.26 Å². The third kappa shape index (κ3) is 3.22. The maximum Gasteiger partial charge on any atom is 0.123 e. The van der Waals surface area contributed by atoms with Crippen LogP contribution in [-0.4, -0.2) is 6.26 Å². The molecule has 0 N–H and O–H groups in total. The van der Waals surface area contributed by atoms with Crippen molar-refractivity contribution in [3.05, 3.63) is 65.5 Å². The normalized spacial score (nSPS) is 11.7. The number of nitrogens with zero attached hydrogens (tertiary/aromatic N) is 1. The Balaban J connectivity index is 2.46. The molecule has 0 spiro atoms. The molecule has 0 radical (unpaired) electrons. The molecule has 0 saturated heterocycles. The van der Waals surface area contributed by atoms with Crippen LogP contribution in [0.5, 0.6) is 0 Å². The predicted octanol–water partition coefficient (Wildman–Crippen LogP) is 5.18. The van der Waals surface area contributed by atoms with Crippen LogP contribution < -0.4 is 0 Å². The van der Waals surface area contributed by atoms with Gasteiger partial charge in [0.2, 0.25) is 0 Å². The molecule has 0 bridgehead atoms. The number of hydrogen-bond acceptors (Lipinski definition) is 2. The summed E-state index contributed by atoms with van der Waals surface area (Å²) in [5.41, 5.74) is 1.71. The van der Waals surface area contributed by atoms with Gasteiger partial charge >= 0.3 is 0 Å². The Bertz CT molecular complexity index is 669. The highest BCUT2D eigenvalue weighted by Gasteiger charge is 2.09. The van der Waals surface area contributed by atoms with Crippen molar-refractivity contribution in [3.63, 3.8) is 0 Å². The maximum atomic E-state index is 12.9. The Kier molecular flexibility index (Phi) is 4.84. The number of nitriles is 1. The minimum atomic E-state index is -0.341. The predicted molar refractivity (Wildman–Crippen MR) is 82.9 cm³/mol. The second-order valence-electron chi connectivity index (χ2n) is 4.04. The smallest absolute Gasteiger partial charge is 0.123 e. The van der Waals surface area contributed by atoms with Crippen molar-refractivity contribution in [2.45, 2.75) is 4.90 Å². The zero-order valence-electron chi connectivity index (χ0n) is 10.7. The fraction of sp³-hybridized carbons (Fsp3) is 0.0625. The lowest BCUT2D eigenvalue weighted by Crippen LogP contribution is -1.87. The summed E-state index contributed by atoms with van der Waals surface area (Å²) in [6.45, 7) is 0. The van der Waals surface area contributed by atoms with Crippen LogP contribution in [0.4, 0.5) is 4.39 Å². The van der Waals surface area contributed by atoms with E-state index in [2.05, 4.69) is 6.07 Å². The van der Waals surface area contributed by atoms with Gasteiger partial charge in [-0.3, -0.25) is 0 Å². The Morgan fingerprint density at radius 3 is 2.10 bits per heavy atom. The summed E-state index contributed by atoms with van der Waals surface area (Å²) in [4.78, 5) is 1.12. The van der Waals surface area contributed by atoms with Gasteiger partial charge in [-0.05, 0) is 41.6 Å². The van der Waals surface area contributed by atoms with Crippen LogP contribution in [0.1, 0.15) is 11.1 Å². The molecule has 0 saturated carbocycles. The van der Waals surface area contributed by atoms with Crippen LogP contribution >= 0.6 is 23.4 Å². The zero-order chi connectivity index (χ0) is 14.5. The summed E-state index contributed by atoms with van der Waals surface area (Å²) in [5, 5.41) is 9.66. The van der Waals surface area contributed by atoms with E-state index in [0.29, 0.717) is 16.2 Å². The van der Waals surface area contributed by atoms with E-state index in [1.54, 1.807) is 23.9 Å². The molecule has 2 rings (SSSR count). The van der Waals surface area contributed by atoms with Gasteiger partial charge in [0.1, 0.15) is 11.9 Å². The molecule has 2 aromatic carbocycles. The van der Waals surface area contributed by atoms with Crippen molar-refractivity contribution in [2.24, 2.45) is 0 Å². The van der Waals surface area contributed by atoms with Gasteiger partial charge in [-0.15, -0.1) is 11.8 Å². The van der Waals surface area contributed by atoms with Crippen LogP contribution in [-0.2, 0) is 0 Å². The highest BCUT2D eigenvalue weighted by Crippen LogP contribution is 2.30. The molecule has 0 aromatic heterocycles. The highest BCUT2D eigenvalue weighted by molar-refractivity contribution is 7.98. The molecule has 0 atom stereocenters. The molecule has 2 aromatic rings. The lowest BCUT2D eigenvalue weighted by molar-refractivity contribution is 0.627. The Labute approximate surface area is 126 Å². The number of halogens is 2. The first-order chi connectivity index (χ1) is 9.65. The molecule has 0 aliphatic carbocycles. The summed E-state index contributed by atoms with van der Waals surface area (Å²) < 4.78 is 12.9. The summed E-state index contributed by atoms with van der Waals surface area (Å²) in [6, 6.07) is 15.4. The Morgan fingerprint density at radius 2 is 1.60 bits per heavy atom. The van der Waals surface area contributed by atoms with E-state index in [0.717, 1.165) is 10.5 Å². The van der Waals surface area contributed by atoms with Crippen molar-refractivity contribution >= 4 is 34.0 Å². The van der Waals surface area contributed by atoms with E-state index in [1.165, 1.54) is 12.1 Å². The average molecular weight is 304 g/mol. The lowest BCUT2D eigenvalue weighted by Gasteiger charge is -2.05. The second-order valence-corrected chi connectivity index (χ2v) is 5.29. The minimum absolute atomic E-state index is 0.337. The van der Waals surface area contributed by atoms with Gasteiger partial charge in [-0.2, -0.15) is 5.26 Å². The van der Waals surface area contributed by atoms with Crippen LogP contribution in [0.3, 0.4) is 0 Å². The van der Waals surface area contributed by atoms with Gasteiger partial charge in [0, 0.05) is 4.90 Å². The lowest BCUT2D eigenvalue weighted by atomic mass is 10.0. The number of allylic oxidation sites excluding steroid dienone is 1. The van der Waals surface area contributed by atoms with Gasteiger partial charge in [0.05, 0.1) is 10.6 Å². The third-order valence-electron chi connectivity index (χ3n) is 2.81. The third-order valence-corrected chi connectivity index (χ3v) is 3.96. The van der Waals surface area contributed by atoms with E-state index in [9.17, 15) is 9.65 Å². The molecule has 100 valence electrons. The van der Waals surface area contributed by atoms with E-state index in [1.807, 2.05) is 30.5 Å². The van der Waals surface area contributed by atoms with Crippen molar-refractivity contribution in [3.8, 4) is 6.07 Å². The first-order valence-electron chi connectivity index (χ1n) is 5.86. The molecule has 0 unspecified atom stereocenters. The van der Waals surface area contributed by atoms with Crippen molar-refractivity contribution < 1.29 is 4.39 Å². The van der Waals surface area contributed by atoms with Gasteiger partial charge in [-0.1, -0.05) is 35.9 Å². The fourth-order valence-electron chi connectivity index (χ4n) is 1.74. The standard InChI is InChI=1S/C16H11ClFNS/c1-20-14-8-4-12(5-9-14)16(17)15(10-19)11-2-6-13(18)7-3-11/h2-9H,1H3/b16-15+.